The average Bonchev–Trinajstić information content (AvgIpc) is 2.84. The van der Waals surface area contributed by atoms with E-state index < -0.39 is 0 Å². The molecule has 0 aliphatic rings. The molecule has 0 unspecified atom stereocenters. The SMILES string of the molecule is CCOC(=O)c1c(-c2ccc(F)cc2)csc1C(C)C. The predicted octanol–water partition coefficient (Wildman–Crippen LogP) is 4.85. The summed E-state index contributed by atoms with van der Waals surface area (Å²) in [7, 11) is 0. The Bertz CT molecular complexity index is 599. The molecule has 2 rings (SSSR count). The number of carbonyl (C=O) groups excluding carboxylic acids is 1. The van der Waals surface area contributed by atoms with Crippen LogP contribution >= 0.6 is 11.3 Å². The summed E-state index contributed by atoms with van der Waals surface area (Å²) in [5.74, 6) is -0.351. The van der Waals surface area contributed by atoms with E-state index in [1.807, 2.05) is 19.2 Å². The predicted molar refractivity (Wildman–Crippen MR) is 79.8 cm³/mol. The first-order valence-corrected chi connectivity index (χ1v) is 7.47. The van der Waals surface area contributed by atoms with Gasteiger partial charge in [-0.25, -0.2) is 9.18 Å². The minimum atomic E-state index is -0.309. The molecule has 4 heteroatoms. The molecule has 2 aromatic rings. The van der Waals surface area contributed by atoms with Gasteiger partial charge in [-0.2, -0.15) is 0 Å². The normalized spacial score (nSPS) is 10.8. The van der Waals surface area contributed by atoms with Gasteiger partial charge in [0.1, 0.15) is 5.82 Å². The molecule has 1 heterocycles. The molecule has 106 valence electrons. The number of carbonyl (C=O) groups is 1. The third-order valence-corrected chi connectivity index (χ3v) is 4.26. The third-order valence-electron chi connectivity index (χ3n) is 2.98. The molecule has 0 saturated heterocycles. The highest BCUT2D eigenvalue weighted by Gasteiger charge is 2.22. The van der Waals surface area contributed by atoms with Crippen LogP contribution in [-0.4, -0.2) is 12.6 Å². The van der Waals surface area contributed by atoms with E-state index in [1.165, 1.54) is 12.1 Å². The molecule has 0 amide bonds. The molecule has 0 aliphatic carbocycles. The Morgan fingerprint density at radius 3 is 2.50 bits per heavy atom. The quantitative estimate of drug-likeness (QED) is 0.753. The lowest BCUT2D eigenvalue weighted by atomic mass is 9.99. The fourth-order valence-electron chi connectivity index (χ4n) is 2.05. The summed E-state index contributed by atoms with van der Waals surface area (Å²) in [6.45, 7) is 6.22. The van der Waals surface area contributed by atoms with Crippen molar-refractivity contribution in [3.63, 3.8) is 0 Å². The summed E-state index contributed by atoms with van der Waals surface area (Å²) in [6, 6.07) is 6.17. The molecule has 0 radical (unpaired) electrons. The van der Waals surface area contributed by atoms with Gasteiger partial charge in [0.05, 0.1) is 12.2 Å². The Morgan fingerprint density at radius 2 is 1.95 bits per heavy atom. The van der Waals surface area contributed by atoms with Crippen LogP contribution in [0.15, 0.2) is 29.6 Å². The van der Waals surface area contributed by atoms with Crippen LogP contribution in [0.3, 0.4) is 0 Å². The summed E-state index contributed by atoms with van der Waals surface area (Å²) >= 11 is 1.54. The maximum absolute atomic E-state index is 13.0. The highest BCUT2D eigenvalue weighted by atomic mass is 32.1. The molecular weight excluding hydrogens is 275 g/mol. The molecule has 0 N–H and O–H groups in total. The Balaban J connectivity index is 2.53. The number of benzene rings is 1. The van der Waals surface area contributed by atoms with E-state index in [4.69, 9.17) is 4.74 Å². The second kappa shape index (κ2) is 6.18. The summed E-state index contributed by atoms with van der Waals surface area (Å²) < 4.78 is 18.2. The Morgan fingerprint density at radius 1 is 1.30 bits per heavy atom. The van der Waals surface area contributed by atoms with Crippen LogP contribution in [0.5, 0.6) is 0 Å². The van der Waals surface area contributed by atoms with E-state index in [9.17, 15) is 9.18 Å². The minimum absolute atomic E-state index is 0.244. The van der Waals surface area contributed by atoms with Crippen LogP contribution in [0.25, 0.3) is 11.1 Å². The number of hydrogen-bond donors (Lipinski definition) is 0. The van der Waals surface area contributed by atoms with Gasteiger partial charge >= 0.3 is 5.97 Å². The zero-order valence-electron chi connectivity index (χ0n) is 11.8. The monoisotopic (exact) mass is 292 g/mol. The van der Waals surface area contributed by atoms with E-state index in [2.05, 4.69) is 0 Å². The number of hydrogen-bond acceptors (Lipinski definition) is 3. The molecule has 20 heavy (non-hydrogen) atoms. The van der Waals surface area contributed by atoms with Gasteiger partial charge in [-0.1, -0.05) is 26.0 Å². The van der Waals surface area contributed by atoms with E-state index in [-0.39, 0.29) is 17.7 Å². The summed E-state index contributed by atoms with van der Waals surface area (Å²) in [4.78, 5) is 13.2. The molecule has 1 aromatic heterocycles. The Kier molecular flexibility index (Phi) is 4.55. The van der Waals surface area contributed by atoms with Gasteiger partial charge in [-0.3, -0.25) is 0 Å². The van der Waals surface area contributed by atoms with Gasteiger partial charge in [0, 0.05) is 10.4 Å². The van der Waals surface area contributed by atoms with Crippen molar-refractivity contribution in [2.24, 2.45) is 0 Å². The minimum Gasteiger partial charge on any atom is -0.462 e. The summed E-state index contributed by atoms with van der Waals surface area (Å²) in [5, 5.41) is 1.94. The number of thiophene rings is 1. The average molecular weight is 292 g/mol. The largest absolute Gasteiger partial charge is 0.462 e. The molecule has 0 spiro atoms. The molecule has 0 saturated carbocycles. The topological polar surface area (TPSA) is 26.3 Å². The second-order valence-corrected chi connectivity index (χ2v) is 5.68. The molecule has 0 bridgehead atoms. The zero-order chi connectivity index (χ0) is 14.7. The lowest BCUT2D eigenvalue weighted by Crippen LogP contribution is -2.08. The van der Waals surface area contributed by atoms with Gasteiger partial charge in [-0.05, 0) is 35.9 Å². The van der Waals surface area contributed by atoms with Crippen LogP contribution in [0.4, 0.5) is 4.39 Å². The maximum atomic E-state index is 13.0. The fraction of sp³-hybridized carbons (Fsp3) is 0.312. The first kappa shape index (κ1) is 14.7. The van der Waals surface area contributed by atoms with Crippen molar-refractivity contribution in [1.82, 2.24) is 0 Å². The van der Waals surface area contributed by atoms with Crippen molar-refractivity contribution in [2.75, 3.05) is 6.61 Å². The van der Waals surface area contributed by atoms with Crippen LogP contribution in [0.2, 0.25) is 0 Å². The first-order valence-electron chi connectivity index (χ1n) is 6.59. The molecule has 0 fully saturated rings. The van der Waals surface area contributed by atoms with Crippen LogP contribution < -0.4 is 0 Å². The Hall–Kier alpha value is -1.68. The van der Waals surface area contributed by atoms with Gasteiger partial charge in [-0.15, -0.1) is 11.3 Å². The fourth-order valence-corrected chi connectivity index (χ4v) is 3.14. The number of halogens is 1. The molecule has 1 aromatic carbocycles. The van der Waals surface area contributed by atoms with E-state index >= 15 is 0 Å². The number of esters is 1. The van der Waals surface area contributed by atoms with E-state index in [1.54, 1.807) is 30.4 Å². The van der Waals surface area contributed by atoms with Crippen LogP contribution in [0, 0.1) is 5.82 Å². The Labute approximate surface area is 122 Å². The smallest absolute Gasteiger partial charge is 0.339 e. The molecular formula is C16H17FO2S. The summed E-state index contributed by atoms with van der Waals surface area (Å²) in [5.41, 5.74) is 2.26. The zero-order valence-corrected chi connectivity index (χ0v) is 12.6. The standard InChI is InChI=1S/C16H17FO2S/c1-4-19-16(18)14-13(9-20-15(14)10(2)3)11-5-7-12(17)8-6-11/h5-10H,4H2,1-3H3. The molecule has 0 aliphatic heterocycles. The van der Waals surface area contributed by atoms with Crippen molar-refractivity contribution in [2.45, 2.75) is 26.7 Å². The van der Waals surface area contributed by atoms with Gasteiger partial charge in [0.2, 0.25) is 0 Å². The lowest BCUT2D eigenvalue weighted by Gasteiger charge is -2.09. The third kappa shape index (κ3) is 2.90. The second-order valence-electron chi connectivity index (χ2n) is 4.77. The number of ether oxygens (including phenoxy) is 1. The highest BCUT2D eigenvalue weighted by Crippen LogP contribution is 2.36. The van der Waals surface area contributed by atoms with Gasteiger partial charge in [0.25, 0.3) is 0 Å². The molecule has 0 atom stereocenters. The van der Waals surface area contributed by atoms with Gasteiger partial charge in [0.15, 0.2) is 0 Å². The maximum Gasteiger partial charge on any atom is 0.339 e. The van der Waals surface area contributed by atoms with Crippen molar-refractivity contribution < 1.29 is 13.9 Å². The van der Waals surface area contributed by atoms with E-state index in [0.717, 1.165) is 16.0 Å². The highest BCUT2D eigenvalue weighted by molar-refractivity contribution is 7.11. The van der Waals surface area contributed by atoms with Crippen molar-refractivity contribution in [3.05, 3.63) is 45.9 Å². The summed E-state index contributed by atoms with van der Waals surface area (Å²) in [6.07, 6.45) is 0. The lowest BCUT2D eigenvalue weighted by molar-refractivity contribution is 0.0526. The van der Waals surface area contributed by atoms with Crippen molar-refractivity contribution >= 4 is 17.3 Å². The number of rotatable bonds is 4. The van der Waals surface area contributed by atoms with Crippen LogP contribution in [0.1, 0.15) is 41.9 Å². The van der Waals surface area contributed by atoms with E-state index in [0.29, 0.717) is 12.2 Å². The molecule has 2 nitrogen and oxygen atoms in total. The first-order chi connectivity index (χ1) is 9.54. The van der Waals surface area contributed by atoms with Crippen molar-refractivity contribution in [1.29, 1.82) is 0 Å². The van der Waals surface area contributed by atoms with Crippen LogP contribution in [-0.2, 0) is 4.74 Å². The van der Waals surface area contributed by atoms with Gasteiger partial charge < -0.3 is 4.74 Å². The van der Waals surface area contributed by atoms with Crippen molar-refractivity contribution in [3.8, 4) is 11.1 Å².